The number of ether oxygens (including phenoxy) is 1. The molecule has 0 fully saturated rings. The van der Waals surface area contributed by atoms with Crippen LogP contribution in [0.2, 0.25) is 10.1 Å². The first-order valence-corrected chi connectivity index (χ1v) is 50.9. The molecule has 2 amide bonds. The maximum absolute atomic E-state index is 13.7. The molecule has 4 aromatic carbocycles. The third-order valence-corrected chi connectivity index (χ3v) is 33.4. The first-order valence-electron chi connectivity index (χ1n) is 47.0. The molecule has 0 aliphatic rings. The van der Waals surface area contributed by atoms with E-state index in [1.165, 1.54) is 233 Å². The van der Waals surface area contributed by atoms with Crippen LogP contribution in [0.1, 0.15) is 384 Å². The Hall–Kier alpha value is -4.48. The summed E-state index contributed by atoms with van der Waals surface area (Å²) in [6.07, 6.45) is 55.7. The first kappa shape index (κ1) is 103. The molecule has 4 rings (SSSR count). The highest BCUT2D eigenvalue weighted by Crippen LogP contribution is 2.38. The Kier molecular flexibility index (Phi) is 58.6. The molecule has 3 N–H and O–H groups in total. The number of aliphatic hydroxyl groups is 1. The summed E-state index contributed by atoms with van der Waals surface area (Å²) >= 11 is 0. The van der Waals surface area contributed by atoms with Crippen LogP contribution in [0.25, 0.3) is 0 Å². The van der Waals surface area contributed by atoms with Gasteiger partial charge in [0.1, 0.15) is 6.10 Å². The Morgan fingerprint density at radius 1 is 0.345 bits per heavy atom. The van der Waals surface area contributed by atoms with Crippen molar-refractivity contribution in [3.8, 4) is 0 Å². The van der Waals surface area contributed by atoms with Crippen molar-refractivity contribution in [3.05, 3.63) is 121 Å². The summed E-state index contributed by atoms with van der Waals surface area (Å²) in [5.41, 5.74) is 0. The van der Waals surface area contributed by atoms with Crippen molar-refractivity contribution in [3.63, 3.8) is 0 Å². The summed E-state index contributed by atoms with van der Waals surface area (Å²) in [6.45, 7) is 28.9. The number of aliphatic hydroxyl groups excluding tert-OH is 1. The van der Waals surface area contributed by atoms with Gasteiger partial charge in [0.2, 0.25) is 11.8 Å². The van der Waals surface area contributed by atoms with Crippen molar-refractivity contribution < 1.29 is 33.1 Å². The largest absolute Gasteiger partial charge is 0.462 e. The summed E-state index contributed by atoms with van der Waals surface area (Å²) < 4.78 is 20.9. The van der Waals surface area contributed by atoms with E-state index in [4.69, 9.17) is 13.6 Å². The van der Waals surface area contributed by atoms with E-state index in [1.807, 2.05) is 0 Å². The van der Waals surface area contributed by atoms with Crippen molar-refractivity contribution >= 4 is 55.2 Å². The lowest BCUT2D eigenvalue weighted by molar-refractivity contribution is -0.150. The van der Waals surface area contributed by atoms with Crippen LogP contribution in [0.15, 0.2) is 121 Å². The standard InChI is InChI=1S/C56H98N2O4Si.C44H76N2O3Si/c1-8-11-14-17-19-21-22-24-25-28-37-44-54(59)57-50(49-61-63(56(4,5)6,52-40-33-30-34-41-52)53-42-35-31-36-43-53)48-58(7)47-46-51(39-32-27-16-13-10-3)62-55(60)45-38-29-26-23-20-18-15-12-9-2;1-7-9-11-13-14-15-16-17-18-20-28-34-43(48)45-39(37-46(6)36-35-40(47)29-23-19-12-10-8-2)38-49-50(44(3,4)5,41-30-24-21-25-31-41)42-32-26-22-27-33-42/h30-31,33-36,40-43,50-51H,8-29,32,37-39,44-49H2,1-7H3,(H,57,59);21-22,24-27,30-33,39-40,47H,7-20,23,28-29,34-38H2,1-6H3,(H,45,48)/t50-,51-;39-,40-/m11/s1. The lowest BCUT2D eigenvalue weighted by atomic mass is 10.0. The fourth-order valence-corrected chi connectivity index (χ4v) is 25.8. The molecule has 0 saturated carbocycles. The summed E-state index contributed by atoms with van der Waals surface area (Å²) in [4.78, 5) is 44.8. The minimum Gasteiger partial charge on any atom is -0.462 e. The van der Waals surface area contributed by atoms with Gasteiger partial charge in [-0.25, -0.2) is 0 Å². The zero-order valence-corrected chi connectivity index (χ0v) is 77.3. The maximum atomic E-state index is 13.7. The Morgan fingerprint density at radius 2 is 0.602 bits per heavy atom. The van der Waals surface area contributed by atoms with Crippen molar-refractivity contribution in [1.82, 2.24) is 20.4 Å². The van der Waals surface area contributed by atoms with Gasteiger partial charge in [-0.15, -0.1) is 0 Å². The highest BCUT2D eigenvalue weighted by Gasteiger charge is 2.52. The van der Waals surface area contributed by atoms with Gasteiger partial charge in [-0.1, -0.05) is 435 Å². The van der Waals surface area contributed by atoms with Gasteiger partial charge >= 0.3 is 5.97 Å². The molecule has 4 atom stereocenters. The number of benzene rings is 4. The van der Waals surface area contributed by atoms with Crippen LogP contribution >= 0.6 is 0 Å². The van der Waals surface area contributed by atoms with Crippen molar-refractivity contribution in [2.45, 2.75) is 419 Å². The average molecular weight is 1600 g/mol. The van der Waals surface area contributed by atoms with Gasteiger partial charge in [-0.05, 0) is 96.3 Å². The van der Waals surface area contributed by atoms with Crippen LogP contribution in [0, 0.1) is 0 Å². The van der Waals surface area contributed by atoms with E-state index < -0.39 is 16.6 Å². The van der Waals surface area contributed by atoms with E-state index >= 15 is 0 Å². The predicted molar refractivity (Wildman–Crippen MR) is 492 cm³/mol. The summed E-state index contributed by atoms with van der Waals surface area (Å²) in [6, 6.07) is 42.8. The fourth-order valence-electron chi connectivity index (χ4n) is 16.6. The van der Waals surface area contributed by atoms with Gasteiger partial charge in [0.15, 0.2) is 0 Å². The second-order valence-corrected chi connectivity index (χ2v) is 44.5. The number of amides is 2. The number of esters is 1. The maximum Gasteiger partial charge on any atom is 0.306 e. The first-order chi connectivity index (χ1) is 54.7. The van der Waals surface area contributed by atoms with Crippen molar-refractivity contribution in [2.75, 3.05) is 53.5 Å². The van der Waals surface area contributed by atoms with Crippen molar-refractivity contribution in [2.24, 2.45) is 0 Å². The van der Waals surface area contributed by atoms with Crippen LogP contribution < -0.4 is 31.4 Å². The second kappa shape index (κ2) is 64.5. The third-order valence-electron chi connectivity index (χ3n) is 23.4. The second-order valence-electron chi connectivity index (χ2n) is 35.9. The van der Waals surface area contributed by atoms with Crippen LogP contribution in [-0.4, -0.2) is 127 Å². The molecule has 113 heavy (non-hydrogen) atoms. The molecule has 0 unspecified atom stereocenters. The molecule has 0 saturated heterocycles. The molecule has 0 spiro atoms. The van der Waals surface area contributed by atoms with E-state index in [0.717, 1.165) is 90.1 Å². The molecule has 0 bridgehead atoms. The zero-order chi connectivity index (χ0) is 82.4. The van der Waals surface area contributed by atoms with Crippen LogP contribution in [0.3, 0.4) is 0 Å². The van der Waals surface area contributed by atoms with Crippen molar-refractivity contribution in [1.29, 1.82) is 0 Å². The SMILES string of the molecule is CCCCCCCCCCCCCC(=O)N[C@@H](CO[Si](c1ccccc1)(c1ccccc1)C(C)(C)C)CN(C)CC[C@@H](CCCCCCC)OC(=O)CCCCCCCCCCC.CCCCCCCCCCCCCC(=O)N[C@@H](CO[Si](c1ccccc1)(c1ccccc1)C(C)(C)C)CN(C)CC[C@H](O)CCCCCCC. The minimum atomic E-state index is -2.80. The molecule has 11 nitrogen and oxygen atoms in total. The molecular weight excluding hydrogens is 1430 g/mol. The Balaban J connectivity index is 0.000000601. The highest BCUT2D eigenvalue weighted by molar-refractivity contribution is 7.00. The summed E-state index contributed by atoms with van der Waals surface area (Å²) in [7, 11) is -1.29. The Bertz CT molecular complexity index is 2800. The quantitative estimate of drug-likeness (QED) is 0.0225. The van der Waals surface area contributed by atoms with Gasteiger partial charge in [0.05, 0.1) is 31.4 Å². The smallest absolute Gasteiger partial charge is 0.306 e. The van der Waals surface area contributed by atoms with E-state index in [-0.39, 0.29) is 52.2 Å². The van der Waals surface area contributed by atoms with E-state index in [1.54, 1.807) is 0 Å². The molecule has 13 heteroatoms. The Morgan fingerprint density at radius 3 is 0.894 bits per heavy atom. The van der Waals surface area contributed by atoms with Gasteiger partial charge in [0.25, 0.3) is 16.6 Å². The zero-order valence-electron chi connectivity index (χ0n) is 75.3. The molecule has 4 aromatic rings. The van der Waals surface area contributed by atoms with Crippen LogP contribution in [-0.2, 0) is 28.0 Å². The average Bonchev–Trinajstić information content (AvgIpc) is 0.755. The number of carbonyl (C=O) groups excluding carboxylic acids is 3. The Labute approximate surface area is 698 Å². The third kappa shape index (κ3) is 45.3. The number of carbonyl (C=O) groups is 3. The molecule has 0 aliphatic carbocycles. The molecular formula is C100H174N4O7Si2. The summed E-state index contributed by atoms with van der Waals surface area (Å²) in [5.74, 6) is 0.202. The number of rotatable bonds is 69. The monoisotopic (exact) mass is 1600 g/mol. The number of hydrogen-bond donors (Lipinski definition) is 3. The lowest BCUT2D eigenvalue weighted by Crippen LogP contribution is -2.67. The van der Waals surface area contributed by atoms with Gasteiger partial charge < -0.3 is 39.1 Å². The highest BCUT2D eigenvalue weighted by atomic mass is 28.4. The number of unbranched alkanes of at least 4 members (excludes halogenated alkanes) is 36. The lowest BCUT2D eigenvalue weighted by Gasteiger charge is -2.44. The number of nitrogens with one attached hydrogen (secondary N) is 2. The van der Waals surface area contributed by atoms with E-state index in [0.29, 0.717) is 45.6 Å². The van der Waals surface area contributed by atoms with Crippen LogP contribution in [0.4, 0.5) is 0 Å². The molecule has 0 aromatic heterocycles. The molecule has 644 valence electrons. The van der Waals surface area contributed by atoms with Gasteiger partial charge in [-0.2, -0.15) is 0 Å². The topological polar surface area (TPSA) is 130 Å². The van der Waals surface area contributed by atoms with Crippen LogP contribution in [0.5, 0.6) is 0 Å². The van der Waals surface area contributed by atoms with Gasteiger partial charge in [0, 0.05) is 45.4 Å². The molecule has 0 radical (unpaired) electrons. The summed E-state index contributed by atoms with van der Waals surface area (Å²) in [5, 5.41) is 22.3. The number of hydrogen-bond acceptors (Lipinski definition) is 9. The molecule has 0 aliphatic heterocycles. The minimum absolute atomic E-state index is 0.0367. The van der Waals surface area contributed by atoms with E-state index in [9.17, 15) is 19.5 Å². The van der Waals surface area contributed by atoms with Gasteiger partial charge in [-0.3, -0.25) is 14.4 Å². The fraction of sp³-hybridized carbons (Fsp3) is 0.730. The number of nitrogens with zero attached hydrogens (tertiary/aromatic N) is 2. The molecule has 0 heterocycles. The number of likely N-dealkylation sites (N-methyl/N-ethyl adjacent to an activating group) is 2. The normalized spacial score (nSPS) is 13.2. The predicted octanol–water partition coefficient (Wildman–Crippen LogP) is 24.1. The van der Waals surface area contributed by atoms with E-state index in [2.05, 4.69) is 232 Å².